The van der Waals surface area contributed by atoms with Gasteiger partial charge in [-0.2, -0.15) is 15.8 Å². The van der Waals surface area contributed by atoms with E-state index in [1.54, 1.807) is 0 Å². The lowest BCUT2D eigenvalue weighted by Crippen LogP contribution is -2.53. The van der Waals surface area contributed by atoms with Crippen LogP contribution in [0.3, 0.4) is 0 Å². The molecule has 0 spiro atoms. The summed E-state index contributed by atoms with van der Waals surface area (Å²) in [5, 5.41) is 37.8. The molecule has 1 aliphatic carbocycles. The third-order valence-corrected chi connectivity index (χ3v) is 5.61. The molecule has 1 aliphatic heterocycles. The van der Waals surface area contributed by atoms with Crippen LogP contribution in [0.25, 0.3) is 0 Å². The van der Waals surface area contributed by atoms with Gasteiger partial charge in [0.1, 0.15) is 17.6 Å². The molecule has 1 aromatic rings. The molecule has 2 aliphatic rings. The van der Waals surface area contributed by atoms with Gasteiger partial charge in [0, 0.05) is 31.0 Å². The van der Waals surface area contributed by atoms with Gasteiger partial charge < -0.3 is 5.41 Å². The largest absolute Gasteiger partial charge is 0.305 e. The summed E-state index contributed by atoms with van der Waals surface area (Å²) in [7, 11) is 0. The van der Waals surface area contributed by atoms with Gasteiger partial charge in [0.2, 0.25) is 0 Å². The average Bonchev–Trinajstić information content (AvgIpc) is 2.67. The molecule has 1 aromatic carbocycles. The standard InChI is InChI=1S/C20H17F2N5/c1-2-27-6-5-13-15(8-23)19(26)20(10-24,11-25)18(16(13)9-27)14-4-3-12(21)7-17(14)22/h3-5,7,15-16,18,26H,2,6,9H2,1H3/t15?,16-,18+/m1/s1. The topological polar surface area (TPSA) is 98.5 Å². The Balaban J connectivity index is 2.29. The first-order valence-corrected chi connectivity index (χ1v) is 8.61. The molecule has 1 heterocycles. The number of nitrogens with zero attached hydrogens (tertiary/aromatic N) is 4. The lowest BCUT2D eigenvalue weighted by Gasteiger charge is -2.47. The Hall–Kier alpha value is -3.08. The fourth-order valence-corrected chi connectivity index (χ4v) is 4.22. The van der Waals surface area contributed by atoms with E-state index in [4.69, 9.17) is 5.41 Å². The van der Waals surface area contributed by atoms with Gasteiger partial charge in [0.15, 0.2) is 5.41 Å². The van der Waals surface area contributed by atoms with Crippen LogP contribution in [0.4, 0.5) is 8.78 Å². The normalized spacial score (nSPS) is 26.9. The maximum Gasteiger partial charge on any atom is 0.189 e. The molecule has 3 rings (SSSR count). The van der Waals surface area contributed by atoms with Crippen molar-refractivity contribution in [2.75, 3.05) is 19.6 Å². The van der Waals surface area contributed by atoms with Gasteiger partial charge in [-0.3, -0.25) is 4.90 Å². The summed E-state index contributed by atoms with van der Waals surface area (Å²) in [6.45, 7) is 3.68. The lowest BCUT2D eigenvalue weighted by molar-refractivity contribution is 0.209. The molecule has 1 N–H and O–H groups in total. The first-order valence-electron chi connectivity index (χ1n) is 8.61. The second-order valence-corrected chi connectivity index (χ2v) is 6.81. The van der Waals surface area contributed by atoms with Crippen molar-refractivity contribution >= 4 is 5.71 Å². The molecule has 0 amide bonds. The molecule has 1 saturated carbocycles. The monoisotopic (exact) mass is 365 g/mol. The van der Waals surface area contributed by atoms with Gasteiger partial charge in [0.05, 0.1) is 23.9 Å². The van der Waals surface area contributed by atoms with Gasteiger partial charge in [-0.1, -0.05) is 19.1 Å². The first-order chi connectivity index (χ1) is 12.9. The number of hydrogen-bond acceptors (Lipinski definition) is 5. The number of nitriles is 3. The Morgan fingerprint density at radius 2 is 1.96 bits per heavy atom. The van der Waals surface area contributed by atoms with Crippen molar-refractivity contribution in [3.63, 3.8) is 0 Å². The van der Waals surface area contributed by atoms with E-state index in [2.05, 4.69) is 4.90 Å². The molecule has 3 atom stereocenters. The van der Waals surface area contributed by atoms with Crippen LogP contribution in [0.2, 0.25) is 0 Å². The molecule has 0 aromatic heterocycles. The molecule has 1 unspecified atom stereocenters. The summed E-state index contributed by atoms with van der Waals surface area (Å²) in [5.74, 6) is -4.09. The minimum absolute atomic E-state index is 0.0227. The number of hydrogen-bond donors (Lipinski definition) is 1. The minimum atomic E-state index is -1.99. The third-order valence-electron chi connectivity index (χ3n) is 5.61. The van der Waals surface area contributed by atoms with Crippen LogP contribution in [0.1, 0.15) is 18.4 Å². The van der Waals surface area contributed by atoms with Crippen LogP contribution in [0, 0.1) is 68.3 Å². The first kappa shape index (κ1) is 18.7. The Morgan fingerprint density at radius 1 is 1.26 bits per heavy atom. The zero-order chi connectivity index (χ0) is 19.8. The number of halogens is 2. The van der Waals surface area contributed by atoms with Crippen LogP contribution < -0.4 is 0 Å². The van der Waals surface area contributed by atoms with Crippen LogP contribution >= 0.6 is 0 Å². The van der Waals surface area contributed by atoms with E-state index < -0.39 is 34.8 Å². The number of likely N-dealkylation sites (N-methyl/N-ethyl adjacent to an activating group) is 1. The second kappa shape index (κ2) is 6.91. The highest BCUT2D eigenvalue weighted by Crippen LogP contribution is 2.53. The van der Waals surface area contributed by atoms with E-state index in [0.717, 1.165) is 12.1 Å². The molecule has 0 bridgehead atoms. The van der Waals surface area contributed by atoms with Crippen molar-refractivity contribution in [1.29, 1.82) is 21.2 Å². The molecular weight excluding hydrogens is 348 g/mol. The number of rotatable bonds is 2. The van der Waals surface area contributed by atoms with Crippen molar-refractivity contribution in [2.24, 2.45) is 17.3 Å². The van der Waals surface area contributed by atoms with E-state index >= 15 is 0 Å². The molecule has 0 saturated heterocycles. The molecule has 7 heteroatoms. The van der Waals surface area contributed by atoms with Gasteiger partial charge in [0.25, 0.3) is 0 Å². The van der Waals surface area contributed by atoms with Gasteiger partial charge >= 0.3 is 0 Å². The van der Waals surface area contributed by atoms with Crippen LogP contribution in [-0.2, 0) is 0 Å². The second-order valence-electron chi connectivity index (χ2n) is 6.81. The lowest BCUT2D eigenvalue weighted by atomic mass is 9.54. The average molecular weight is 365 g/mol. The van der Waals surface area contributed by atoms with E-state index in [1.165, 1.54) is 6.07 Å². The van der Waals surface area contributed by atoms with Gasteiger partial charge in [-0.25, -0.2) is 8.78 Å². The Bertz CT molecular complexity index is 933. The van der Waals surface area contributed by atoms with Crippen molar-refractivity contribution in [3.05, 3.63) is 47.0 Å². The maximum absolute atomic E-state index is 14.7. The van der Waals surface area contributed by atoms with E-state index in [1.807, 2.05) is 31.2 Å². The molecule has 0 radical (unpaired) electrons. The zero-order valence-electron chi connectivity index (χ0n) is 14.7. The van der Waals surface area contributed by atoms with Crippen LogP contribution in [-0.4, -0.2) is 30.2 Å². The molecule has 136 valence electrons. The summed E-state index contributed by atoms with van der Waals surface area (Å²) in [4.78, 5) is 2.06. The Morgan fingerprint density at radius 3 is 2.52 bits per heavy atom. The predicted molar refractivity (Wildman–Crippen MR) is 93.3 cm³/mol. The minimum Gasteiger partial charge on any atom is -0.305 e. The van der Waals surface area contributed by atoms with Gasteiger partial charge in [-0.05, 0) is 23.7 Å². The SMILES string of the molecule is CCN1CC=C2C(C#N)C(=N)C(C#N)(C#N)[C@@H](c3ccc(F)cc3F)[C@@H]2C1. The van der Waals surface area contributed by atoms with Crippen molar-refractivity contribution in [3.8, 4) is 18.2 Å². The Kier molecular flexibility index (Phi) is 4.79. The smallest absolute Gasteiger partial charge is 0.189 e. The summed E-state index contributed by atoms with van der Waals surface area (Å²) < 4.78 is 28.1. The summed E-state index contributed by atoms with van der Waals surface area (Å²) in [6, 6.07) is 8.87. The van der Waals surface area contributed by atoms with Gasteiger partial charge in [-0.15, -0.1) is 0 Å². The van der Waals surface area contributed by atoms with E-state index in [9.17, 15) is 24.6 Å². The summed E-state index contributed by atoms with van der Waals surface area (Å²) in [5.41, 5.74) is -1.66. The quantitative estimate of drug-likeness (QED) is 0.814. The molecular formula is C20H17F2N5. The highest BCUT2D eigenvalue weighted by atomic mass is 19.1. The van der Waals surface area contributed by atoms with E-state index in [0.29, 0.717) is 25.2 Å². The molecule has 1 fully saturated rings. The van der Waals surface area contributed by atoms with Crippen molar-refractivity contribution in [2.45, 2.75) is 12.8 Å². The number of nitrogens with one attached hydrogen (secondary N) is 1. The van der Waals surface area contributed by atoms with Crippen LogP contribution in [0.15, 0.2) is 29.8 Å². The number of benzene rings is 1. The number of fused-ring (bicyclic) bond motifs is 1. The van der Waals surface area contributed by atoms with Crippen LogP contribution in [0.5, 0.6) is 0 Å². The van der Waals surface area contributed by atoms with E-state index in [-0.39, 0.29) is 11.3 Å². The maximum atomic E-state index is 14.7. The summed E-state index contributed by atoms with van der Waals surface area (Å²) in [6.07, 6.45) is 1.84. The molecule has 27 heavy (non-hydrogen) atoms. The Labute approximate surface area is 156 Å². The predicted octanol–water partition coefficient (Wildman–Crippen LogP) is 3.13. The third kappa shape index (κ3) is 2.70. The fraction of sp³-hybridized carbons (Fsp3) is 0.400. The highest BCUT2D eigenvalue weighted by molar-refractivity contribution is 6.00. The highest BCUT2D eigenvalue weighted by Gasteiger charge is 2.58. The van der Waals surface area contributed by atoms with Crippen molar-refractivity contribution < 1.29 is 8.78 Å². The zero-order valence-corrected chi connectivity index (χ0v) is 14.7. The fourth-order valence-electron chi connectivity index (χ4n) is 4.22. The van der Waals surface area contributed by atoms with Crippen molar-refractivity contribution in [1.82, 2.24) is 4.90 Å². The molecule has 5 nitrogen and oxygen atoms in total. The summed E-state index contributed by atoms with van der Waals surface area (Å²) >= 11 is 0.